The van der Waals surface area contributed by atoms with Crippen LogP contribution in [0.15, 0.2) is 42.7 Å². The summed E-state index contributed by atoms with van der Waals surface area (Å²) in [6, 6.07) is 9.92. The highest BCUT2D eigenvalue weighted by Crippen LogP contribution is 2.31. The van der Waals surface area contributed by atoms with Gasteiger partial charge in [0.1, 0.15) is 11.6 Å². The first kappa shape index (κ1) is 17.8. The number of hydrogen-bond donors (Lipinski definition) is 1. The van der Waals surface area contributed by atoms with Crippen LogP contribution in [0.25, 0.3) is 10.6 Å². The highest BCUT2D eigenvalue weighted by Gasteiger charge is 2.19. The van der Waals surface area contributed by atoms with Gasteiger partial charge in [-0.2, -0.15) is 5.06 Å². The topological polar surface area (TPSA) is 66.4 Å². The van der Waals surface area contributed by atoms with Gasteiger partial charge in [0.15, 0.2) is 5.13 Å². The van der Waals surface area contributed by atoms with E-state index >= 15 is 0 Å². The summed E-state index contributed by atoms with van der Waals surface area (Å²) < 4.78 is 0. The zero-order valence-electron chi connectivity index (χ0n) is 15.4. The number of rotatable bonds is 5. The van der Waals surface area contributed by atoms with Gasteiger partial charge >= 0.3 is 0 Å². The summed E-state index contributed by atoms with van der Waals surface area (Å²) in [6.07, 6.45) is 3.69. The number of nitrogens with one attached hydrogen (secondary N) is 1. The Kier molecular flexibility index (Phi) is 5.28. The minimum absolute atomic E-state index is 0.772. The highest BCUT2D eigenvalue weighted by atomic mass is 32.1. The van der Waals surface area contributed by atoms with Crippen molar-refractivity contribution < 1.29 is 4.84 Å². The van der Waals surface area contributed by atoms with E-state index in [0.29, 0.717) is 0 Å². The van der Waals surface area contributed by atoms with Crippen LogP contribution in [-0.4, -0.2) is 53.3 Å². The molecule has 0 amide bonds. The van der Waals surface area contributed by atoms with Gasteiger partial charge in [-0.05, 0) is 36.8 Å². The van der Waals surface area contributed by atoms with Gasteiger partial charge in [-0.25, -0.2) is 15.0 Å². The second kappa shape index (κ2) is 7.99. The number of pyridine rings is 2. The monoisotopic (exact) mass is 382 g/mol. The number of aromatic nitrogens is 3. The smallest absolute Gasteiger partial charge is 0.185 e. The van der Waals surface area contributed by atoms with Crippen molar-refractivity contribution in [3.63, 3.8) is 0 Å². The maximum atomic E-state index is 5.29. The van der Waals surface area contributed by atoms with Crippen molar-refractivity contribution in [3.05, 3.63) is 48.3 Å². The van der Waals surface area contributed by atoms with E-state index in [9.17, 15) is 0 Å². The quantitative estimate of drug-likeness (QED) is 0.726. The van der Waals surface area contributed by atoms with Crippen molar-refractivity contribution in [3.8, 4) is 10.6 Å². The lowest BCUT2D eigenvalue weighted by Crippen LogP contribution is -2.45. The first-order chi connectivity index (χ1) is 13.2. The lowest BCUT2D eigenvalue weighted by Gasteiger charge is -2.32. The van der Waals surface area contributed by atoms with Gasteiger partial charge in [0.2, 0.25) is 0 Å². The third-order valence-electron chi connectivity index (χ3n) is 4.43. The maximum absolute atomic E-state index is 5.29. The Bertz CT molecular complexity index is 906. The Labute approximate surface area is 162 Å². The Hall–Kier alpha value is -2.55. The van der Waals surface area contributed by atoms with Crippen LogP contribution >= 0.6 is 11.3 Å². The molecule has 0 saturated carbocycles. The second-order valence-corrected chi connectivity index (χ2v) is 7.37. The van der Waals surface area contributed by atoms with Gasteiger partial charge in [0.25, 0.3) is 0 Å². The van der Waals surface area contributed by atoms with Crippen molar-refractivity contribution >= 4 is 28.1 Å². The Morgan fingerprint density at radius 2 is 1.93 bits per heavy atom. The molecule has 0 unspecified atom stereocenters. The van der Waals surface area contributed by atoms with E-state index in [0.717, 1.165) is 59.1 Å². The zero-order chi connectivity index (χ0) is 18.6. The van der Waals surface area contributed by atoms with E-state index in [-0.39, 0.29) is 0 Å². The Morgan fingerprint density at radius 1 is 1.07 bits per heavy atom. The van der Waals surface area contributed by atoms with Crippen molar-refractivity contribution in [1.82, 2.24) is 20.0 Å². The molecule has 1 saturated heterocycles. The van der Waals surface area contributed by atoms with Crippen LogP contribution in [0.3, 0.4) is 0 Å². The van der Waals surface area contributed by atoms with E-state index < -0.39 is 0 Å². The molecule has 1 N–H and O–H groups in total. The molecule has 27 heavy (non-hydrogen) atoms. The van der Waals surface area contributed by atoms with Gasteiger partial charge in [-0.3, -0.25) is 0 Å². The predicted molar refractivity (Wildman–Crippen MR) is 108 cm³/mol. The zero-order valence-corrected chi connectivity index (χ0v) is 16.2. The molecule has 4 heterocycles. The maximum Gasteiger partial charge on any atom is 0.185 e. The first-order valence-electron chi connectivity index (χ1n) is 8.88. The number of anilines is 3. The molecule has 1 aliphatic heterocycles. The number of nitrogens with zero attached hydrogens (tertiary/aromatic N) is 5. The number of aryl methyl sites for hydroxylation is 1. The second-order valence-electron chi connectivity index (χ2n) is 6.36. The van der Waals surface area contributed by atoms with Crippen LogP contribution in [0.5, 0.6) is 0 Å². The summed E-state index contributed by atoms with van der Waals surface area (Å²) in [6.45, 7) is 5.63. The van der Waals surface area contributed by atoms with E-state index in [1.165, 1.54) is 0 Å². The van der Waals surface area contributed by atoms with Crippen molar-refractivity contribution in [1.29, 1.82) is 0 Å². The highest BCUT2D eigenvalue weighted by molar-refractivity contribution is 7.18. The van der Waals surface area contributed by atoms with Gasteiger partial charge in [0.05, 0.1) is 17.7 Å². The molecule has 3 aromatic heterocycles. The third kappa shape index (κ3) is 4.24. The van der Waals surface area contributed by atoms with E-state index in [2.05, 4.69) is 20.2 Å². The lowest BCUT2D eigenvalue weighted by molar-refractivity contribution is -0.133. The van der Waals surface area contributed by atoms with E-state index in [4.69, 9.17) is 9.82 Å². The Balaban J connectivity index is 1.49. The molecule has 0 bridgehead atoms. The number of piperazine rings is 1. The summed E-state index contributed by atoms with van der Waals surface area (Å²) in [7, 11) is 1.72. The van der Waals surface area contributed by atoms with Crippen molar-refractivity contribution in [2.75, 3.05) is 43.5 Å². The van der Waals surface area contributed by atoms with Gasteiger partial charge in [-0.1, -0.05) is 17.4 Å². The molecule has 0 atom stereocenters. The summed E-state index contributed by atoms with van der Waals surface area (Å²) >= 11 is 1.67. The van der Waals surface area contributed by atoms with Crippen LogP contribution < -0.4 is 10.2 Å². The summed E-state index contributed by atoms with van der Waals surface area (Å²) in [4.78, 5) is 22.3. The van der Waals surface area contributed by atoms with Crippen LogP contribution in [0.2, 0.25) is 0 Å². The van der Waals surface area contributed by atoms with Gasteiger partial charge in [0, 0.05) is 38.6 Å². The number of thiazole rings is 1. The predicted octanol–water partition coefficient (Wildman–Crippen LogP) is 3.34. The molecule has 0 aromatic carbocycles. The fourth-order valence-electron chi connectivity index (χ4n) is 2.97. The van der Waals surface area contributed by atoms with Crippen LogP contribution in [-0.2, 0) is 4.84 Å². The van der Waals surface area contributed by atoms with Crippen molar-refractivity contribution in [2.45, 2.75) is 6.92 Å². The molecule has 4 rings (SSSR count). The molecule has 7 nitrogen and oxygen atoms in total. The minimum atomic E-state index is 0.772. The molecule has 0 radical (unpaired) electrons. The van der Waals surface area contributed by atoms with Crippen LogP contribution in [0, 0.1) is 6.92 Å². The molecule has 0 spiro atoms. The summed E-state index contributed by atoms with van der Waals surface area (Å²) in [5.41, 5.74) is 2.07. The van der Waals surface area contributed by atoms with E-state index in [1.807, 2.05) is 48.5 Å². The molecule has 140 valence electrons. The van der Waals surface area contributed by atoms with Crippen LogP contribution in [0.1, 0.15) is 5.56 Å². The molecule has 3 aromatic rings. The number of hydroxylamine groups is 2. The molecule has 0 aliphatic carbocycles. The standard InChI is InChI=1S/C19H22N6OS/c1-14-6-7-20-18(12-14)23-17-5-3-4-15(22-17)16-13-21-19(27-16)24-8-10-25(26-2)11-9-24/h3-7,12-13H,8-11H2,1-2H3,(H,20,22,23). The summed E-state index contributed by atoms with van der Waals surface area (Å²) in [5, 5.41) is 6.27. The molecule has 1 fully saturated rings. The Morgan fingerprint density at radius 3 is 2.70 bits per heavy atom. The number of hydrogen-bond acceptors (Lipinski definition) is 8. The molecular weight excluding hydrogens is 360 g/mol. The largest absolute Gasteiger partial charge is 0.345 e. The van der Waals surface area contributed by atoms with E-state index in [1.54, 1.807) is 24.6 Å². The van der Waals surface area contributed by atoms with Crippen LogP contribution in [0.4, 0.5) is 16.8 Å². The average molecular weight is 382 g/mol. The van der Waals surface area contributed by atoms with Gasteiger partial charge < -0.3 is 15.1 Å². The van der Waals surface area contributed by atoms with Crippen molar-refractivity contribution in [2.24, 2.45) is 0 Å². The molecular formula is C19H22N6OS. The third-order valence-corrected chi connectivity index (χ3v) is 5.51. The SMILES string of the molecule is CON1CCN(c2ncc(-c3cccc(Nc4cc(C)ccn4)n3)s2)CC1. The fraction of sp³-hybridized carbons (Fsp3) is 0.316. The normalized spacial score (nSPS) is 15.1. The fourth-order valence-corrected chi connectivity index (χ4v) is 3.91. The summed E-state index contributed by atoms with van der Waals surface area (Å²) in [5.74, 6) is 1.56. The van der Waals surface area contributed by atoms with Gasteiger partial charge in [-0.15, -0.1) is 0 Å². The lowest BCUT2D eigenvalue weighted by atomic mass is 10.3. The average Bonchev–Trinajstić information content (AvgIpc) is 3.19. The minimum Gasteiger partial charge on any atom is -0.345 e. The molecule has 8 heteroatoms. The molecule has 1 aliphatic rings. The first-order valence-corrected chi connectivity index (χ1v) is 9.70.